The third-order valence-electron chi connectivity index (χ3n) is 3.98. The van der Waals surface area contributed by atoms with Crippen molar-refractivity contribution in [2.75, 3.05) is 17.7 Å². The van der Waals surface area contributed by atoms with Crippen LogP contribution in [-0.4, -0.2) is 19.1 Å². The van der Waals surface area contributed by atoms with Crippen LogP contribution in [0, 0.1) is 20.8 Å². The minimum Gasteiger partial charge on any atom is -0.495 e. The average molecular weight is 312 g/mol. The van der Waals surface area contributed by atoms with Crippen LogP contribution in [0.4, 0.5) is 11.4 Å². The molecule has 4 nitrogen and oxygen atoms in total. The van der Waals surface area contributed by atoms with Crippen molar-refractivity contribution in [2.24, 2.45) is 0 Å². The molecule has 2 rings (SSSR count). The normalized spacial score (nSPS) is 11.7. The summed E-state index contributed by atoms with van der Waals surface area (Å²) < 4.78 is 5.30. The Bertz CT molecular complexity index is 711. The van der Waals surface area contributed by atoms with E-state index < -0.39 is 0 Å². The molecule has 0 aliphatic carbocycles. The highest BCUT2D eigenvalue weighted by atomic mass is 16.5. The number of aryl methyl sites for hydroxylation is 2. The molecule has 0 aromatic heterocycles. The van der Waals surface area contributed by atoms with Crippen molar-refractivity contribution in [1.29, 1.82) is 0 Å². The Balaban J connectivity index is 2.11. The second-order valence-electron chi connectivity index (χ2n) is 5.81. The van der Waals surface area contributed by atoms with E-state index in [1.54, 1.807) is 7.11 Å². The highest BCUT2D eigenvalue weighted by Crippen LogP contribution is 2.25. The monoisotopic (exact) mass is 312 g/mol. The Morgan fingerprint density at radius 3 is 2.52 bits per heavy atom. The maximum absolute atomic E-state index is 12.5. The highest BCUT2D eigenvalue weighted by Gasteiger charge is 2.16. The van der Waals surface area contributed by atoms with Crippen molar-refractivity contribution >= 4 is 17.3 Å². The number of anilines is 2. The fourth-order valence-electron chi connectivity index (χ4n) is 2.37. The van der Waals surface area contributed by atoms with Gasteiger partial charge in [0.15, 0.2) is 0 Å². The second kappa shape index (κ2) is 7.18. The first-order chi connectivity index (χ1) is 10.9. The van der Waals surface area contributed by atoms with Crippen LogP contribution in [0.5, 0.6) is 5.75 Å². The summed E-state index contributed by atoms with van der Waals surface area (Å²) in [4.78, 5) is 12.5. The Morgan fingerprint density at radius 2 is 1.83 bits per heavy atom. The Kier molecular flexibility index (Phi) is 5.27. The molecule has 0 radical (unpaired) electrons. The van der Waals surface area contributed by atoms with E-state index in [1.165, 1.54) is 5.56 Å². The third kappa shape index (κ3) is 4.03. The van der Waals surface area contributed by atoms with Gasteiger partial charge in [-0.15, -0.1) is 0 Å². The van der Waals surface area contributed by atoms with E-state index in [9.17, 15) is 4.79 Å². The number of nitrogens with one attached hydrogen (secondary N) is 2. The van der Waals surface area contributed by atoms with Gasteiger partial charge in [0.25, 0.3) is 0 Å². The van der Waals surface area contributed by atoms with Crippen LogP contribution in [0.25, 0.3) is 0 Å². The molecule has 0 aliphatic rings. The standard InChI is InChI=1S/C19H24N2O2/c1-12-9-10-18(23-5)17(11-12)21-19(22)15(4)20-16-8-6-7-13(2)14(16)3/h6-11,15,20H,1-5H3,(H,21,22). The van der Waals surface area contributed by atoms with Gasteiger partial charge < -0.3 is 15.4 Å². The molecule has 4 heteroatoms. The topological polar surface area (TPSA) is 50.4 Å². The quantitative estimate of drug-likeness (QED) is 0.875. The first kappa shape index (κ1) is 16.9. The number of carbonyl (C=O) groups is 1. The zero-order valence-electron chi connectivity index (χ0n) is 14.4. The Labute approximate surface area is 137 Å². The van der Waals surface area contributed by atoms with E-state index in [4.69, 9.17) is 4.74 Å². The number of ether oxygens (including phenoxy) is 1. The van der Waals surface area contributed by atoms with Gasteiger partial charge in [-0.1, -0.05) is 18.2 Å². The maximum Gasteiger partial charge on any atom is 0.246 e. The Hall–Kier alpha value is -2.49. The van der Waals surface area contributed by atoms with Crippen LogP contribution < -0.4 is 15.4 Å². The summed E-state index contributed by atoms with van der Waals surface area (Å²) in [6.07, 6.45) is 0. The van der Waals surface area contributed by atoms with Crippen LogP contribution >= 0.6 is 0 Å². The van der Waals surface area contributed by atoms with Crippen molar-refractivity contribution < 1.29 is 9.53 Å². The van der Waals surface area contributed by atoms with Crippen LogP contribution in [0.1, 0.15) is 23.6 Å². The summed E-state index contributed by atoms with van der Waals surface area (Å²) in [5.41, 5.74) is 5.08. The van der Waals surface area contributed by atoms with Gasteiger partial charge in [-0.05, 0) is 62.6 Å². The number of amides is 1. The smallest absolute Gasteiger partial charge is 0.246 e. The van der Waals surface area contributed by atoms with Crippen molar-refractivity contribution in [3.63, 3.8) is 0 Å². The molecule has 0 fully saturated rings. The largest absolute Gasteiger partial charge is 0.495 e. The van der Waals surface area contributed by atoms with E-state index >= 15 is 0 Å². The Morgan fingerprint density at radius 1 is 1.09 bits per heavy atom. The van der Waals surface area contributed by atoms with Gasteiger partial charge in [0.05, 0.1) is 12.8 Å². The van der Waals surface area contributed by atoms with Crippen molar-refractivity contribution in [3.8, 4) is 5.75 Å². The molecule has 0 saturated heterocycles. The predicted molar refractivity (Wildman–Crippen MR) is 95.4 cm³/mol. The molecule has 23 heavy (non-hydrogen) atoms. The summed E-state index contributed by atoms with van der Waals surface area (Å²) in [5.74, 6) is 0.553. The maximum atomic E-state index is 12.5. The fourth-order valence-corrected chi connectivity index (χ4v) is 2.37. The molecule has 122 valence electrons. The summed E-state index contributed by atoms with van der Waals surface area (Å²) in [7, 11) is 1.60. The minimum absolute atomic E-state index is 0.102. The van der Waals surface area contributed by atoms with E-state index in [-0.39, 0.29) is 11.9 Å². The second-order valence-corrected chi connectivity index (χ2v) is 5.81. The van der Waals surface area contributed by atoms with E-state index in [0.29, 0.717) is 11.4 Å². The molecule has 2 N–H and O–H groups in total. The van der Waals surface area contributed by atoms with Gasteiger partial charge in [-0.3, -0.25) is 4.79 Å². The van der Waals surface area contributed by atoms with Gasteiger partial charge >= 0.3 is 0 Å². The molecule has 0 aliphatic heterocycles. The molecule has 1 amide bonds. The number of benzene rings is 2. The van der Waals surface area contributed by atoms with Gasteiger partial charge in [0.1, 0.15) is 11.8 Å². The van der Waals surface area contributed by atoms with Crippen molar-refractivity contribution in [1.82, 2.24) is 0 Å². The molecule has 0 heterocycles. The molecule has 2 aromatic carbocycles. The molecule has 2 aromatic rings. The zero-order chi connectivity index (χ0) is 17.0. The SMILES string of the molecule is COc1ccc(C)cc1NC(=O)C(C)Nc1cccc(C)c1C. The summed E-state index contributed by atoms with van der Waals surface area (Å²) >= 11 is 0. The van der Waals surface area contributed by atoms with E-state index in [2.05, 4.69) is 23.6 Å². The minimum atomic E-state index is -0.360. The predicted octanol–water partition coefficient (Wildman–Crippen LogP) is 4.06. The molecule has 1 atom stereocenters. The number of hydrogen-bond acceptors (Lipinski definition) is 3. The number of methoxy groups -OCH3 is 1. The van der Waals surface area contributed by atoms with Crippen LogP contribution in [0.15, 0.2) is 36.4 Å². The van der Waals surface area contributed by atoms with Gasteiger partial charge in [0.2, 0.25) is 5.91 Å². The molecule has 0 spiro atoms. The van der Waals surface area contributed by atoms with E-state index in [1.807, 2.05) is 51.1 Å². The number of carbonyl (C=O) groups excluding carboxylic acids is 1. The first-order valence-corrected chi connectivity index (χ1v) is 7.70. The fraction of sp³-hybridized carbons (Fsp3) is 0.316. The van der Waals surface area contributed by atoms with Crippen molar-refractivity contribution in [3.05, 3.63) is 53.1 Å². The molecule has 0 saturated carbocycles. The molecular weight excluding hydrogens is 288 g/mol. The van der Waals surface area contributed by atoms with Crippen molar-refractivity contribution in [2.45, 2.75) is 33.7 Å². The number of rotatable bonds is 5. The summed E-state index contributed by atoms with van der Waals surface area (Å²) in [6, 6.07) is 11.4. The lowest BCUT2D eigenvalue weighted by atomic mass is 10.1. The molecule has 1 unspecified atom stereocenters. The first-order valence-electron chi connectivity index (χ1n) is 7.70. The van der Waals surface area contributed by atoms with Crippen LogP contribution in [0.2, 0.25) is 0 Å². The lowest BCUT2D eigenvalue weighted by molar-refractivity contribution is -0.116. The zero-order valence-corrected chi connectivity index (χ0v) is 14.4. The van der Waals surface area contributed by atoms with Crippen LogP contribution in [0.3, 0.4) is 0 Å². The summed E-state index contributed by atoms with van der Waals surface area (Å²) in [5, 5.41) is 6.20. The third-order valence-corrected chi connectivity index (χ3v) is 3.98. The highest BCUT2D eigenvalue weighted by molar-refractivity contribution is 5.97. The number of hydrogen-bond donors (Lipinski definition) is 2. The van der Waals surface area contributed by atoms with E-state index in [0.717, 1.165) is 16.8 Å². The molecule has 0 bridgehead atoms. The van der Waals surface area contributed by atoms with Gasteiger partial charge in [-0.2, -0.15) is 0 Å². The van der Waals surface area contributed by atoms with Gasteiger partial charge in [-0.25, -0.2) is 0 Å². The van der Waals surface area contributed by atoms with Crippen LogP contribution in [-0.2, 0) is 4.79 Å². The van der Waals surface area contributed by atoms with Gasteiger partial charge in [0, 0.05) is 5.69 Å². The lowest BCUT2D eigenvalue weighted by Gasteiger charge is -2.19. The summed E-state index contributed by atoms with van der Waals surface area (Å²) in [6.45, 7) is 7.93. The average Bonchev–Trinajstić information content (AvgIpc) is 2.52. The molecular formula is C19H24N2O2. The lowest BCUT2D eigenvalue weighted by Crippen LogP contribution is -2.32.